The van der Waals surface area contributed by atoms with Crippen LogP contribution in [0.25, 0.3) is 0 Å². The van der Waals surface area contributed by atoms with Crippen molar-refractivity contribution in [2.24, 2.45) is 0 Å². The Balaban J connectivity index is 1.52. The van der Waals surface area contributed by atoms with Crippen molar-refractivity contribution in [1.82, 2.24) is 15.5 Å². The predicted molar refractivity (Wildman–Crippen MR) is 81.8 cm³/mol. The number of hydrogen-bond acceptors (Lipinski definition) is 4. The van der Waals surface area contributed by atoms with Crippen LogP contribution in [0, 0.1) is 0 Å². The van der Waals surface area contributed by atoms with E-state index in [1.54, 1.807) is 11.8 Å². The van der Waals surface area contributed by atoms with Crippen molar-refractivity contribution in [3.8, 4) is 0 Å². The van der Waals surface area contributed by atoms with Crippen LogP contribution in [-0.2, 0) is 9.59 Å². The van der Waals surface area contributed by atoms with E-state index in [0.717, 1.165) is 51.9 Å². The molecule has 0 spiro atoms. The third-order valence-corrected chi connectivity index (χ3v) is 5.23. The molecule has 20 heavy (non-hydrogen) atoms. The minimum Gasteiger partial charge on any atom is -0.355 e. The Morgan fingerprint density at radius 3 is 2.60 bits per heavy atom. The molecule has 0 aromatic carbocycles. The second-order valence-electron chi connectivity index (χ2n) is 5.45. The van der Waals surface area contributed by atoms with Gasteiger partial charge in [0.25, 0.3) is 0 Å². The second-order valence-corrected chi connectivity index (χ2v) is 6.74. The van der Waals surface area contributed by atoms with Crippen molar-refractivity contribution < 1.29 is 9.59 Å². The molecule has 0 atom stereocenters. The van der Waals surface area contributed by atoms with Crippen molar-refractivity contribution in [1.29, 1.82) is 0 Å². The Kier molecular flexibility index (Phi) is 6.66. The maximum Gasteiger partial charge on any atom is 0.230 e. The maximum absolute atomic E-state index is 11.8. The van der Waals surface area contributed by atoms with E-state index in [0.29, 0.717) is 24.0 Å². The topological polar surface area (TPSA) is 61.4 Å². The van der Waals surface area contributed by atoms with Gasteiger partial charge >= 0.3 is 0 Å². The van der Waals surface area contributed by atoms with E-state index in [1.807, 2.05) is 4.90 Å². The number of carbonyl (C=O) groups excluding carboxylic acids is 2. The van der Waals surface area contributed by atoms with Crippen LogP contribution in [0.15, 0.2) is 0 Å². The minimum atomic E-state index is 0.0581. The monoisotopic (exact) mass is 299 g/mol. The molecule has 2 amide bonds. The number of carbonyl (C=O) groups is 2. The summed E-state index contributed by atoms with van der Waals surface area (Å²) in [5.74, 6) is 0.749. The van der Waals surface area contributed by atoms with Gasteiger partial charge in [0.15, 0.2) is 0 Å². The number of nitrogens with zero attached hydrogens (tertiary/aromatic N) is 1. The molecule has 2 saturated heterocycles. The Hall–Kier alpha value is -0.750. The predicted octanol–water partition coefficient (Wildman–Crippen LogP) is 0.600. The molecule has 0 saturated carbocycles. The van der Waals surface area contributed by atoms with E-state index < -0.39 is 0 Å². The third-order valence-electron chi connectivity index (χ3n) is 3.86. The Morgan fingerprint density at radius 1 is 1.20 bits per heavy atom. The highest BCUT2D eigenvalue weighted by atomic mass is 32.2. The van der Waals surface area contributed by atoms with Crippen LogP contribution >= 0.6 is 11.8 Å². The van der Waals surface area contributed by atoms with Gasteiger partial charge in [-0.1, -0.05) is 0 Å². The summed E-state index contributed by atoms with van der Waals surface area (Å²) in [6.45, 7) is 4.37. The van der Waals surface area contributed by atoms with E-state index in [-0.39, 0.29) is 11.8 Å². The molecule has 0 aliphatic carbocycles. The van der Waals surface area contributed by atoms with E-state index in [2.05, 4.69) is 10.6 Å². The van der Waals surface area contributed by atoms with Gasteiger partial charge in [-0.15, -0.1) is 11.8 Å². The summed E-state index contributed by atoms with van der Waals surface area (Å²) in [7, 11) is 0. The highest BCUT2D eigenvalue weighted by Gasteiger charge is 2.18. The van der Waals surface area contributed by atoms with Crippen molar-refractivity contribution in [2.45, 2.75) is 37.4 Å². The average Bonchev–Trinajstić information content (AvgIpc) is 3.00. The van der Waals surface area contributed by atoms with E-state index in [9.17, 15) is 9.59 Å². The molecule has 114 valence electrons. The first-order chi connectivity index (χ1) is 9.75. The van der Waals surface area contributed by atoms with Gasteiger partial charge in [-0.05, 0) is 38.8 Å². The van der Waals surface area contributed by atoms with Crippen LogP contribution in [0.1, 0.15) is 32.1 Å². The molecule has 2 rings (SSSR count). The van der Waals surface area contributed by atoms with Gasteiger partial charge in [-0.2, -0.15) is 0 Å². The Labute approximate surface area is 125 Å². The zero-order chi connectivity index (χ0) is 14.2. The van der Waals surface area contributed by atoms with Crippen LogP contribution in [0.5, 0.6) is 0 Å². The molecule has 0 radical (unpaired) electrons. The molecule has 0 aromatic heterocycles. The minimum absolute atomic E-state index is 0.0581. The summed E-state index contributed by atoms with van der Waals surface area (Å²) >= 11 is 1.74. The fraction of sp³-hybridized carbons (Fsp3) is 0.857. The van der Waals surface area contributed by atoms with Crippen molar-refractivity contribution in [3.63, 3.8) is 0 Å². The summed E-state index contributed by atoms with van der Waals surface area (Å²) < 4.78 is 0. The van der Waals surface area contributed by atoms with Crippen LogP contribution in [-0.4, -0.2) is 60.4 Å². The first-order valence-electron chi connectivity index (χ1n) is 7.62. The zero-order valence-corrected chi connectivity index (χ0v) is 12.8. The van der Waals surface area contributed by atoms with Crippen molar-refractivity contribution in [3.05, 3.63) is 0 Å². The number of amides is 2. The van der Waals surface area contributed by atoms with Gasteiger partial charge in [-0.25, -0.2) is 0 Å². The van der Waals surface area contributed by atoms with Gasteiger partial charge in [0.1, 0.15) is 0 Å². The van der Waals surface area contributed by atoms with Crippen molar-refractivity contribution in [2.75, 3.05) is 38.5 Å². The van der Waals surface area contributed by atoms with E-state index >= 15 is 0 Å². The largest absolute Gasteiger partial charge is 0.355 e. The second kappa shape index (κ2) is 8.52. The van der Waals surface area contributed by atoms with Gasteiger partial charge < -0.3 is 15.5 Å². The quantitative estimate of drug-likeness (QED) is 0.754. The molecular weight excluding hydrogens is 274 g/mol. The number of hydrogen-bond donors (Lipinski definition) is 2. The number of rotatable bonds is 6. The van der Waals surface area contributed by atoms with Gasteiger partial charge in [0.2, 0.25) is 11.8 Å². The highest BCUT2D eigenvalue weighted by Crippen LogP contribution is 2.19. The SMILES string of the molecule is O=C(CSC1CCNCC1)NCCC(=O)N1CCCC1. The summed E-state index contributed by atoms with van der Waals surface area (Å²) in [5, 5.41) is 6.78. The molecule has 0 unspecified atom stereocenters. The smallest absolute Gasteiger partial charge is 0.230 e. The summed E-state index contributed by atoms with van der Waals surface area (Å²) in [4.78, 5) is 25.4. The summed E-state index contributed by atoms with van der Waals surface area (Å²) in [6.07, 6.45) is 4.95. The molecule has 0 bridgehead atoms. The first-order valence-corrected chi connectivity index (χ1v) is 8.67. The van der Waals surface area contributed by atoms with E-state index in [4.69, 9.17) is 0 Å². The lowest BCUT2D eigenvalue weighted by molar-refractivity contribution is -0.130. The van der Waals surface area contributed by atoms with Crippen LogP contribution in [0.4, 0.5) is 0 Å². The molecular formula is C14H25N3O2S. The average molecular weight is 299 g/mol. The number of nitrogens with one attached hydrogen (secondary N) is 2. The molecule has 6 heteroatoms. The summed E-state index contributed by atoms with van der Waals surface area (Å²) in [5.41, 5.74) is 0. The Morgan fingerprint density at radius 2 is 1.90 bits per heavy atom. The lowest BCUT2D eigenvalue weighted by atomic mass is 10.2. The fourth-order valence-electron chi connectivity index (χ4n) is 2.64. The van der Waals surface area contributed by atoms with Crippen LogP contribution in [0.3, 0.4) is 0 Å². The molecule has 2 aliphatic heterocycles. The number of piperidine rings is 1. The normalized spacial score (nSPS) is 20.1. The van der Waals surface area contributed by atoms with Gasteiger partial charge in [-0.3, -0.25) is 9.59 Å². The lowest BCUT2D eigenvalue weighted by Crippen LogP contribution is -2.34. The van der Waals surface area contributed by atoms with E-state index in [1.165, 1.54) is 0 Å². The molecule has 2 N–H and O–H groups in total. The van der Waals surface area contributed by atoms with Crippen molar-refractivity contribution >= 4 is 23.6 Å². The fourth-order valence-corrected chi connectivity index (χ4v) is 3.70. The molecule has 2 heterocycles. The molecule has 2 fully saturated rings. The number of thioether (sulfide) groups is 1. The zero-order valence-electron chi connectivity index (χ0n) is 12.0. The van der Waals surface area contributed by atoms with Gasteiger partial charge in [0.05, 0.1) is 5.75 Å². The first kappa shape index (κ1) is 15.6. The molecule has 2 aliphatic rings. The molecule has 0 aromatic rings. The Bertz CT molecular complexity index is 326. The highest BCUT2D eigenvalue weighted by molar-refractivity contribution is 8.00. The standard InChI is InChI=1S/C14H25N3O2S/c18-13(11-20-12-3-6-15-7-4-12)16-8-5-14(19)17-9-1-2-10-17/h12,15H,1-11H2,(H,16,18). The summed E-state index contributed by atoms with van der Waals surface area (Å²) in [6, 6.07) is 0. The third kappa shape index (κ3) is 5.32. The van der Waals surface area contributed by atoms with Gasteiger partial charge in [0, 0.05) is 31.3 Å². The van der Waals surface area contributed by atoms with Crippen LogP contribution in [0.2, 0.25) is 0 Å². The number of likely N-dealkylation sites (tertiary alicyclic amines) is 1. The lowest BCUT2D eigenvalue weighted by Gasteiger charge is -2.21. The van der Waals surface area contributed by atoms with Crippen LogP contribution < -0.4 is 10.6 Å². The molecule has 5 nitrogen and oxygen atoms in total. The maximum atomic E-state index is 11.8.